The van der Waals surface area contributed by atoms with E-state index in [-0.39, 0.29) is 11.9 Å². The van der Waals surface area contributed by atoms with Crippen molar-refractivity contribution >= 4 is 12.0 Å². The first-order chi connectivity index (χ1) is 8.50. The molecule has 2 unspecified atom stereocenters. The normalized spacial score (nSPS) is 28.2. The van der Waals surface area contributed by atoms with Crippen molar-refractivity contribution < 1.29 is 14.7 Å². The number of carboxylic acid groups (broad SMARTS) is 1. The molecule has 0 bridgehead atoms. The molecule has 2 atom stereocenters. The first-order valence-corrected chi connectivity index (χ1v) is 6.44. The van der Waals surface area contributed by atoms with E-state index in [1.54, 1.807) is 4.90 Å². The number of amides is 2. The minimum atomic E-state index is -0.892. The molecule has 2 rings (SSSR count). The van der Waals surface area contributed by atoms with Crippen molar-refractivity contribution in [1.82, 2.24) is 9.80 Å². The average molecular weight is 252 g/mol. The van der Waals surface area contributed by atoms with Crippen molar-refractivity contribution in [2.45, 2.75) is 32.7 Å². The van der Waals surface area contributed by atoms with Crippen LogP contribution < -0.4 is 0 Å². The van der Waals surface area contributed by atoms with E-state index >= 15 is 0 Å². The lowest BCUT2D eigenvalue weighted by atomic mass is 10.0. The van der Waals surface area contributed by atoms with E-state index < -0.39 is 12.0 Å². The average Bonchev–Trinajstić information content (AvgIpc) is 2.71. The molecule has 2 heterocycles. The van der Waals surface area contributed by atoms with Crippen molar-refractivity contribution in [2.75, 3.05) is 19.6 Å². The van der Waals surface area contributed by atoms with E-state index in [4.69, 9.17) is 0 Å². The highest BCUT2D eigenvalue weighted by Gasteiger charge is 2.41. The third-order valence-corrected chi connectivity index (χ3v) is 3.91. The summed E-state index contributed by atoms with van der Waals surface area (Å²) in [6.45, 7) is 5.79. The molecule has 2 aliphatic heterocycles. The van der Waals surface area contributed by atoms with Gasteiger partial charge >= 0.3 is 12.0 Å². The fraction of sp³-hybridized carbons (Fsp3) is 0.692. The Morgan fingerprint density at radius 3 is 2.67 bits per heavy atom. The van der Waals surface area contributed by atoms with Crippen molar-refractivity contribution in [3.05, 3.63) is 11.6 Å². The van der Waals surface area contributed by atoms with E-state index in [0.717, 1.165) is 12.8 Å². The van der Waals surface area contributed by atoms with E-state index in [1.807, 2.05) is 13.0 Å². The third-order valence-electron chi connectivity index (χ3n) is 3.91. The second-order valence-corrected chi connectivity index (χ2v) is 5.27. The maximum Gasteiger partial charge on any atom is 0.326 e. The minimum Gasteiger partial charge on any atom is -0.480 e. The first kappa shape index (κ1) is 12.9. The van der Waals surface area contributed by atoms with Crippen LogP contribution in [0.25, 0.3) is 0 Å². The fourth-order valence-corrected chi connectivity index (χ4v) is 2.66. The Morgan fingerprint density at radius 1 is 1.39 bits per heavy atom. The Balaban J connectivity index is 2.07. The van der Waals surface area contributed by atoms with Gasteiger partial charge in [0, 0.05) is 19.6 Å². The lowest BCUT2D eigenvalue weighted by Gasteiger charge is -2.32. The molecule has 100 valence electrons. The molecule has 1 N–H and O–H groups in total. The molecule has 0 aromatic rings. The second-order valence-electron chi connectivity index (χ2n) is 5.27. The zero-order valence-electron chi connectivity index (χ0n) is 10.9. The number of rotatable bonds is 1. The number of hydrogen-bond acceptors (Lipinski definition) is 2. The highest BCUT2D eigenvalue weighted by Crippen LogP contribution is 2.26. The first-order valence-electron chi connectivity index (χ1n) is 6.44. The Labute approximate surface area is 107 Å². The summed E-state index contributed by atoms with van der Waals surface area (Å²) in [5, 5.41) is 9.22. The summed E-state index contributed by atoms with van der Waals surface area (Å²) in [5.41, 5.74) is 1.30. The van der Waals surface area contributed by atoms with Crippen LogP contribution in [-0.2, 0) is 4.79 Å². The summed E-state index contributed by atoms with van der Waals surface area (Å²) < 4.78 is 0. The predicted molar refractivity (Wildman–Crippen MR) is 67.3 cm³/mol. The van der Waals surface area contributed by atoms with Gasteiger partial charge in [-0.1, -0.05) is 18.6 Å². The Morgan fingerprint density at radius 2 is 2.11 bits per heavy atom. The standard InChI is InChI=1S/C13H20N2O3/c1-9-3-6-14(7-4-9)13(18)15-8-5-10(2)11(15)12(16)17/h3,10-11H,4-8H2,1-2H3,(H,16,17). The molecule has 1 saturated heterocycles. The van der Waals surface area contributed by atoms with Gasteiger partial charge < -0.3 is 14.9 Å². The van der Waals surface area contributed by atoms with Gasteiger partial charge in [-0.2, -0.15) is 0 Å². The van der Waals surface area contributed by atoms with Crippen LogP contribution in [0.1, 0.15) is 26.7 Å². The zero-order valence-corrected chi connectivity index (χ0v) is 10.9. The van der Waals surface area contributed by atoms with Crippen molar-refractivity contribution in [2.24, 2.45) is 5.92 Å². The van der Waals surface area contributed by atoms with Gasteiger partial charge in [-0.3, -0.25) is 0 Å². The second kappa shape index (κ2) is 5.00. The summed E-state index contributed by atoms with van der Waals surface area (Å²) >= 11 is 0. The van der Waals surface area contributed by atoms with Gasteiger partial charge in [0.05, 0.1) is 0 Å². The molecule has 0 aromatic carbocycles. The fourth-order valence-electron chi connectivity index (χ4n) is 2.66. The molecule has 0 spiro atoms. The van der Waals surface area contributed by atoms with Crippen LogP contribution in [0, 0.1) is 5.92 Å². The number of aliphatic carboxylic acids is 1. The van der Waals surface area contributed by atoms with E-state index in [1.165, 1.54) is 10.5 Å². The third kappa shape index (κ3) is 2.35. The van der Waals surface area contributed by atoms with Crippen molar-refractivity contribution in [1.29, 1.82) is 0 Å². The van der Waals surface area contributed by atoms with Crippen LogP contribution in [-0.4, -0.2) is 52.6 Å². The Hall–Kier alpha value is -1.52. The summed E-state index contributed by atoms with van der Waals surface area (Å²) in [6.07, 6.45) is 3.69. The maximum atomic E-state index is 12.3. The van der Waals surface area contributed by atoms with Crippen LogP contribution in [0.3, 0.4) is 0 Å². The van der Waals surface area contributed by atoms with Gasteiger partial charge in [0.15, 0.2) is 0 Å². The molecule has 2 amide bonds. The molecule has 1 fully saturated rings. The molecule has 0 radical (unpaired) electrons. The predicted octanol–water partition coefficient (Wildman–Crippen LogP) is 1.55. The molecule has 0 aromatic heterocycles. The number of carboxylic acids is 1. The summed E-state index contributed by atoms with van der Waals surface area (Å²) in [4.78, 5) is 26.8. The van der Waals surface area contributed by atoms with Crippen molar-refractivity contribution in [3.63, 3.8) is 0 Å². The van der Waals surface area contributed by atoms with Gasteiger partial charge in [-0.15, -0.1) is 0 Å². The van der Waals surface area contributed by atoms with Gasteiger partial charge in [-0.25, -0.2) is 9.59 Å². The highest BCUT2D eigenvalue weighted by molar-refractivity contribution is 5.83. The topological polar surface area (TPSA) is 60.9 Å². The molecule has 5 heteroatoms. The lowest BCUT2D eigenvalue weighted by molar-refractivity contribution is -0.142. The van der Waals surface area contributed by atoms with E-state index in [9.17, 15) is 14.7 Å². The van der Waals surface area contributed by atoms with Crippen LogP contribution >= 0.6 is 0 Å². The number of likely N-dealkylation sites (tertiary alicyclic amines) is 1. The van der Waals surface area contributed by atoms with Crippen molar-refractivity contribution in [3.8, 4) is 0 Å². The van der Waals surface area contributed by atoms with Gasteiger partial charge in [-0.05, 0) is 25.7 Å². The van der Waals surface area contributed by atoms with Gasteiger partial charge in [0.25, 0.3) is 0 Å². The SMILES string of the molecule is CC1=CCN(C(=O)N2CCC(C)C2C(=O)O)CC1. The number of hydrogen-bond donors (Lipinski definition) is 1. The number of nitrogens with zero attached hydrogens (tertiary/aromatic N) is 2. The van der Waals surface area contributed by atoms with Crippen LogP contribution in [0.2, 0.25) is 0 Å². The monoisotopic (exact) mass is 252 g/mol. The molecular weight excluding hydrogens is 232 g/mol. The molecular formula is C13H20N2O3. The smallest absolute Gasteiger partial charge is 0.326 e. The highest BCUT2D eigenvalue weighted by atomic mass is 16.4. The largest absolute Gasteiger partial charge is 0.480 e. The summed E-state index contributed by atoms with van der Waals surface area (Å²) in [7, 11) is 0. The lowest BCUT2D eigenvalue weighted by Crippen LogP contribution is -2.50. The minimum absolute atomic E-state index is 0.0357. The number of carbonyl (C=O) groups is 2. The van der Waals surface area contributed by atoms with Crippen LogP contribution in [0.5, 0.6) is 0 Å². The van der Waals surface area contributed by atoms with Gasteiger partial charge in [0.1, 0.15) is 6.04 Å². The van der Waals surface area contributed by atoms with Crippen LogP contribution in [0.4, 0.5) is 4.79 Å². The number of carbonyl (C=O) groups excluding carboxylic acids is 1. The molecule has 0 saturated carbocycles. The quantitative estimate of drug-likeness (QED) is 0.720. The van der Waals surface area contributed by atoms with Crippen LogP contribution in [0.15, 0.2) is 11.6 Å². The summed E-state index contributed by atoms with van der Waals surface area (Å²) in [6, 6.07) is -0.792. The zero-order chi connectivity index (χ0) is 13.3. The van der Waals surface area contributed by atoms with Gasteiger partial charge in [0.2, 0.25) is 0 Å². The Kier molecular flexibility index (Phi) is 3.59. The maximum absolute atomic E-state index is 12.3. The Bertz CT molecular complexity index is 392. The number of urea groups is 1. The molecule has 5 nitrogen and oxygen atoms in total. The van der Waals surface area contributed by atoms with E-state index in [0.29, 0.717) is 19.6 Å². The molecule has 2 aliphatic rings. The van der Waals surface area contributed by atoms with E-state index in [2.05, 4.69) is 6.92 Å². The molecule has 0 aliphatic carbocycles. The summed E-state index contributed by atoms with van der Waals surface area (Å²) in [5.74, 6) is -0.856. The molecule has 18 heavy (non-hydrogen) atoms.